The summed E-state index contributed by atoms with van der Waals surface area (Å²) in [5.74, 6) is -0.588. The Morgan fingerprint density at radius 3 is 2.30 bits per heavy atom. The fourth-order valence-electron chi connectivity index (χ4n) is 4.10. The van der Waals surface area contributed by atoms with E-state index in [4.69, 9.17) is 4.74 Å². The minimum absolute atomic E-state index is 0.103. The van der Waals surface area contributed by atoms with E-state index in [0.29, 0.717) is 13.1 Å². The molecule has 4 rings (SSSR count). The SMILES string of the molecule is CC(C)(C)OC(=O)N1C[C@H](C(=O)Nc2ccc(-c3cccnc3)cc2)[C@@H](c2ccccc2)C1. The van der Waals surface area contributed by atoms with Crippen LogP contribution in [0.5, 0.6) is 0 Å². The largest absolute Gasteiger partial charge is 0.444 e. The molecule has 0 radical (unpaired) electrons. The number of carbonyl (C=O) groups excluding carboxylic acids is 2. The van der Waals surface area contributed by atoms with Crippen molar-refractivity contribution >= 4 is 17.7 Å². The van der Waals surface area contributed by atoms with Crippen LogP contribution in [0.4, 0.5) is 10.5 Å². The van der Waals surface area contributed by atoms with Crippen molar-refractivity contribution in [3.8, 4) is 11.1 Å². The Kier molecular flexibility index (Phi) is 6.45. The van der Waals surface area contributed by atoms with Gasteiger partial charge in [-0.3, -0.25) is 9.78 Å². The third-order valence-corrected chi connectivity index (χ3v) is 5.68. The maximum absolute atomic E-state index is 13.3. The lowest BCUT2D eigenvalue weighted by atomic mass is 9.88. The minimum atomic E-state index is -0.588. The molecule has 1 aliphatic heterocycles. The lowest BCUT2D eigenvalue weighted by Gasteiger charge is -2.24. The van der Waals surface area contributed by atoms with Crippen LogP contribution in [-0.4, -0.2) is 40.6 Å². The van der Waals surface area contributed by atoms with Crippen LogP contribution in [0.1, 0.15) is 32.3 Å². The predicted octanol–water partition coefficient (Wildman–Crippen LogP) is 5.34. The van der Waals surface area contributed by atoms with Crippen molar-refractivity contribution in [2.45, 2.75) is 32.3 Å². The molecule has 0 bridgehead atoms. The second kappa shape index (κ2) is 9.45. The van der Waals surface area contributed by atoms with E-state index >= 15 is 0 Å². The van der Waals surface area contributed by atoms with Crippen molar-refractivity contribution in [1.29, 1.82) is 0 Å². The van der Waals surface area contributed by atoms with Crippen molar-refractivity contribution in [1.82, 2.24) is 9.88 Å². The smallest absolute Gasteiger partial charge is 0.410 e. The van der Waals surface area contributed by atoms with E-state index in [1.807, 2.05) is 93.7 Å². The topological polar surface area (TPSA) is 71.5 Å². The number of benzene rings is 2. The molecule has 170 valence electrons. The highest BCUT2D eigenvalue weighted by molar-refractivity contribution is 5.94. The molecule has 0 aliphatic carbocycles. The molecular weight excluding hydrogens is 414 g/mol. The van der Waals surface area contributed by atoms with E-state index in [1.165, 1.54) is 0 Å². The molecule has 2 aromatic carbocycles. The molecule has 33 heavy (non-hydrogen) atoms. The zero-order chi connectivity index (χ0) is 23.4. The van der Waals surface area contributed by atoms with Gasteiger partial charge in [-0.1, -0.05) is 48.5 Å². The summed E-state index contributed by atoms with van der Waals surface area (Å²) < 4.78 is 5.56. The highest BCUT2D eigenvalue weighted by Gasteiger charge is 2.41. The second-order valence-electron chi connectivity index (χ2n) is 9.32. The normalized spacial score (nSPS) is 18.1. The summed E-state index contributed by atoms with van der Waals surface area (Å²) in [6.45, 7) is 6.28. The van der Waals surface area contributed by atoms with Gasteiger partial charge in [-0.2, -0.15) is 0 Å². The zero-order valence-electron chi connectivity index (χ0n) is 19.2. The number of ether oxygens (including phenoxy) is 1. The van der Waals surface area contributed by atoms with Gasteiger partial charge in [0.1, 0.15) is 5.60 Å². The molecule has 1 saturated heterocycles. The predicted molar refractivity (Wildman–Crippen MR) is 129 cm³/mol. The zero-order valence-corrected chi connectivity index (χ0v) is 19.2. The highest BCUT2D eigenvalue weighted by Crippen LogP contribution is 2.34. The number of nitrogens with zero attached hydrogens (tertiary/aromatic N) is 2. The van der Waals surface area contributed by atoms with Crippen molar-refractivity contribution in [2.75, 3.05) is 18.4 Å². The molecule has 6 heteroatoms. The molecule has 0 saturated carbocycles. The van der Waals surface area contributed by atoms with Gasteiger partial charge in [-0.25, -0.2) is 4.79 Å². The average Bonchev–Trinajstić information content (AvgIpc) is 3.26. The van der Waals surface area contributed by atoms with E-state index in [1.54, 1.807) is 11.1 Å². The van der Waals surface area contributed by atoms with Gasteiger partial charge in [0.25, 0.3) is 0 Å². The number of nitrogens with one attached hydrogen (secondary N) is 1. The molecule has 6 nitrogen and oxygen atoms in total. The standard InChI is InChI=1S/C27H29N3O3/c1-27(2,3)33-26(32)30-17-23(20-8-5-4-6-9-20)24(18-30)25(31)29-22-13-11-19(12-14-22)21-10-7-15-28-16-21/h4-16,23-24H,17-18H2,1-3H3,(H,29,31)/t23-,24+/m1/s1. The number of amides is 2. The first-order chi connectivity index (χ1) is 15.8. The van der Waals surface area contributed by atoms with Crippen molar-refractivity contribution in [3.63, 3.8) is 0 Å². The first-order valence-electron chi connectivity index (χ1n) is 11.1. The highest BCUT2D eigenvalue weighted by atomic mass is 16.6. The Hall–Kier alpha value is -3.67. The maximum Gasteiger partial charge on any atom is 0.410 e. The van der Waals surface area contributed by atoms with Gasteiger partial charge in [0, 0.05) is 37.1 Å². The Morgan fingerprint density at radius 2 is 1.67 bits per heavy atom. The van der Waals surface area contributed by atoms with Crippen molar-refractivity contribution < 1.29 is 14.3 Å². The number of carbonyl (C=O) groups is 2. The number of pyridine rings is 1. The lowest BCUT2D eigenvalue weighted by Crippen LogP contribution is -2.36. The molecule has 1 aliphatic rings. The second-order valence-corrected chi connectivity index (χ2v) is 9.32. The molecule has 3 aromatic rings. The molecule has 0 unspecified atom stereocenters. The number of anilines is 1. The Bertz CT molecular complexity index is 1090. The summed E-state index contributed by atoms with van der Waals surface area (Å²) in [6.07, 6.45) is 3.16. The number of likely N-dealkylation sites (tertiary alicyclic amines) is 1. The average molecular weight is 444 g/mol. The van der Waals surface area contributed by atoms with Crippen LogP contribution < -0.4 is 5.32 Å². The Labute approximate surface area is 194 Å². The van der Waals surface area contributed by atoms with Gasteiger partial charge in [-0.15, -0.1) is 0 Å². The molecular formula is C27H29N3O3. The number of aromatic nitrogens is 1. The van der Waals surface area contributed by atoms with Gasteiger partial charge < -0.3 is 15.0 Å². The van der Waals surface area contributed by atoms with E-state index in [2.05, 4.69) is 10.3 Å². The van der Waals surface area contributed by atoms with Crippen LogP contribution >= 0.6 is 0 Å². The fraction of sp³-hybridized carbons (Fsp3) is 0.296. The summed E-state index contributed by atoms with van der Waals surface area (Å²) in [5, 5.41) is 3.04. The fourth-order valence-corrected chi connectivity index (χ4v) is 4.10. The Morgan fingerprint density at radius 1 is 0.939 bits per heavy atom. The van der Waals surface area contributed by atoms with Crippen LogP contribution in [0.3, 0.4) is 0 Å². The van der Waals surface area contributed by atoms with Crippen LogP contribution in [-0.2, 0) is 9.53 Å². The number of hydrogen-bond donors (Lipinski definition) is 1. The van der Waals surface area contributed by atoms with Crippen LogP contribution in [0.15, 0.2) is 79.1 Å². The van der Waals surface area contributed by atoms with Gasteiger partial charge >= 0.3 is 6.09 Å². The molecule has 2 amide bonds. The van der Waals surface area contributed by atoms with Crippen LogP contribution in [0.25, 0.3) is 11.1 Å². The van der Waals surface area contributed by atoms with Gasteiger partial charge in [-0.05, 0) is 55.7 Å². The lowest BCUT2D eigenvalue weighted by molar-refractivity contribution is -0.119. The summed E-state index contributed by atoms with van der Waals surface area (Å²) >= 11 is 0. The number of rotatable bonds is 4. The van der Waals surface area contributed by atoms with Crippen molar-refractivity contribution in [2.24, 2.45) is 5.92 Å². The third kappa shape index (κ3) is 5.58. The quantitative estimate of drug-likeness (QED) is 0.591. The van der Waals surface area contributed by atoms with Gasteiger partial charge in [0.2, 0.25) is 5.91 Å². The van der Waals surface area contributed by atoms with Crippen LogP contribution in [0, 0.1) is 5.92 Å². The first-order valence-corrected chi connectivity index (χ1v) is 11.1. The van der Waals surface area contributed by atoms with E-state index < -0.39 is 5.60 Å². The first kappa shape index (κ1) is 22.5. The molecule has 1 aromatic heterocycles. The van der Waals surface area contributed by atoms with Gasteiger partial charge in [0.15, 0.2) is 0 Å². The summed E-state index contributed by atoms with van der Waals surface area (Å²) in [4.78, 5) is 31.8. The van der Waals surface area contributed by atoms with Crippen LogP contribution in [0.2, 0.25) is 0 Å². The summed E-state index contributed by atoms with van der Waals surface area (Å²) in [7, 11) is 0. The van der Waals surface area contributed by atoms with Gasteiger partial charge in [0.05, 0.1) is 5.92 Å². The Balaban J connectivity index is 1.50. The molecule has 1 N–H and O–H groups in total. The molecule has 1 fully saturated rings. The minimum Gasteiger partial charge on any atom is -0.444 e. The van der Waals surface area contributed by atoms with E-state index in [9.17, 15) is 9.59 Å². The maximum atomic E-state index is 13.3. The molecule has 2 heterocycles. The number of hydrogen-bond acceptors (Lipinski definition) is 4. The summed E-state index contributed by atoms with van der Waals surface area (Å²) in [6, 6.07) is 21.5. The van der Waals surface area contributed by atoms with E-state index in [-0.39, 0.29) is 23.8 Å². The molecule has 2 atom stereocenters. The third-order valence-electron chi connectivity index (χ3n) is 5.68. The van der Waals surface area contributed by atoms with E-state index in [0.717, 1.165) is 22.4 Å². The summed E-state index contributed by atoms with van der Waals surface area (Å²) in [5.41, 5.74) is 3.21. The van der Waals surface area contributed by atoms with Crippen molar-refractivity contribution in [3.05, 3.63) is 84.7 Å². The molecule has 0 spiro atoms. The monoisotopic (exact) mass is 443 g/mol.